The average molecular weight is 351 g/mol. The van der Waals surface area contributed by atoms with Crippen molar-refractivity contribution in [2.75, 3.05) is 12.3 Å². The van der Waals surface area contributed by atoms with Crippen molar-refractivity contribution in [3.8, 4) is 5.75 Å². The third-order valence-electron chi connectivity index (χ3n) is 2.87. The van der Waals surface area contributed by atoms with Gasteiger partial charge >= 0.3 is 0 Å². The summed E-state index contributed by atoms with van der Waals surface area (Å²) in [6.45, 7) is 1.67. The number of rotatable bonds is 6. The second-order valence-electron chi connectivity index (χ2n) is 5.05. The second-order valence-corrected chi connectivity index (χ2v) is 6.48. The molecule has 4 N–H and O–H groups in total. The Morgan fingerprint density at radius 1 is 1.17 bits per heavy atom. The van der Waals surface area contributed by atoms with Crippen LogP contribution >= 0.6 is 0 Å². The molecule has 2 aromatic rings. The minimum absolute atomic E-state index is 0.0845. The molecule has 0 saturated carbocycles. The molecule has 0 aliphatic rings. The summed E-state index contributed by atoms with van der Waals surface area (Å²) in [4.78, 5) is -0.266. The first-order valence-electron chi connectivity index (χ1n) is 6.95. The van der Waals surface area contributed by atoms with Gasteiger partial charge in [0.1, 0.15) is 12.4 Å². The lowest BCUT2D eigenvalue weighted by molar-refractivity contribution is 0.123. The number of anilines is 1. The van der Waals surface area contributed by atoms with Crippen LogP contribution in [0, 0.1) is 0 Å². The van der Waals surface area contributed by atoms with E-state index in [0.29, 0.717) is 17.1 Å². The summed E-state index contributed by atoms with van der Waals surface area (Å²) < 4.78 is 36.6. The molecule has 0 fully saturated rings. The van der Waals surface area contributed by atoms with Crippen molar-refractivity contribution in [2.45, 2.75) is 17.9 Å². The molecule has 0 aromatic heterocycles. The van der Waals surface area contributed by atoms with Crippen LogP contribution in [0.5, 0.6) is 5.75 Å². The number of hydrogen-bond acceptors (Lipinski definition) is 7. The zero-order valence-corrected chi connectivity index (χ0v) is 13.6. The van der Waals surface area contributed by atoms with E-state index >= 15 is 0 Å². The van der Waals surface area contributed by atoms with Crippen molar-refractivity contribution in [1.29, 1.82) is 0 Å². The van der Waals surface area contributed by atoms with E-state index < -0.39 is 16.2 Å². The fraction of sp³-hybridized carbons (Fsp3) is 0.200. The van der Waals surface area contributed by atoms with Crippen LogP contribution in [0.15, 0.2) is 57.6 Å². The minimum atomic E-state index is -4.30. The lowest BCUT2D eigenvalue weighted by Gasteiger charge is -2.10. The molecule has 0 amide bonds. The predicted octanol–water partition coefficient (Wildman–Crippen LogP) is 2.69. The van der Waals surface area contributed by atoms with Gasteiger partial charge in [0.15, 0.2) is 0 Å². The molecule has 2 aromatic carbocycles. The van der Waals surface area contributed by atoms with E-state index in [1.807, 2.05) is 0 Å². The number of aliphatic hydroxyl groups excluding tert-OH is 1. The van der Waals surface area contributed by atoms with Gasteiger partial charge in [-0.15, -0.1) is 0 Å². The average Bonchev–Trinajstić information content (AvgIpc) is 2.52. The summed E-state index contributed by atoms with van der Waals surface area (Å²) in [7, 11) is -4.30. The van der Waals surface area contributed by atoms with Gasteiger partial charge in [0, 0.05) is 6.07 Å². The Morgan fingerprint density at radius 2 is 1.83 bits per heavy atom. The molecule has 0 aliphatic heterocycles. The van der Waals surface area contributed by atoms with Gasteiger partial charge in [-0.05, 0) is 37.3 Å². The number of aliphatic hydroxyl groups is 1. The van der Waals surface area contributed by atoms with Crippen molar-refractivity contribution in [3.05, 3.63) is 42.5 Å². The Kier molecular flexibility index (Phi) is 5.50. The Balaban J connectivity index is 2.22. The van der Waals surface area contributed by atoms with Crippen LogP contribution in [0.3, 0.4) is 0 Å². The van der Waals surface area contributed by atoms with E-state index in [1.165, 1.54) is 18.2 Å². The number of ether oxygens (including phenoxy) is 1. The summed E-state index contributed by atoms with van der Waals surface area (Å²) in [6.07, 6.45) is -0.641. The van der Waals surface area contributed by atoms with E-state index in [-0.39, 0.29) is 17.2 Å². The standard InChI is InChI=1S/C15H17N3O5S/c1-10(19)9-23-15-8-12(5-6-14(15)16)18-17-11-3-2-4-13(7-11)24(20,21)22/h2-8,10,19H,9,16H2,1H3,(H,20,21,22). The van der Waals surface area contributed by atoms with Gasteiger partial charge in [-0.25, -0.2) is 0 Å². The predicted molar refractivity (Wildman–Crippen MR) is 88.5 cm³/mol. The highest BCUT2D eigenvalue weighted by Crippen LogP contribution is 2.29. The van der Waals surface area contributed by atoms with Gasteiger partial charge in [-0.1, -0.05) is 6.07 Å². The number of nitrogen functional groups attached to an aromatic ring is 1. The van der Waals surface area contributed by atoms with Gasteiger partial charge in [0.2, 0.25) is 0 Å². The van der Waals surface area contributed by atoms with Gasteiger partial charge in [-0.3, -0.25) is 4.55 Å². The summed E-state index contributed by atoms with van der Waals surface area (Å²) in [5.41, 5.74) is 6.86. The van der Waals surface area contributed by atoms with Crippen molar-refractivity contribution in [1.82, 2.24) is 0 Å². The molecule has 0 aliphatic carbocycles. The lowest BCUT2D eigenvalue weighted by atomic mass is 10.2. The molecule has 0 bridgehead atoms. The van der Waals surface area contributed by atoms with E-state index in [9.17, 15) is 13.5 Å². The fourth-order valence-corrected chi connectivity index (χ4v) is 2.26. The Bertz CT molecular complexity index is 850. The lowest BCUT2D eigenvalue weighted by Crippen LogP contribution is -2.13. The highest BCUT2D eigenvalue weighted by atomic mass is 32.2. The number of azo groups is 1. The highest BCUT2D eigenvalue weighted by molar-refractivity contribution is 7.85. The zero-order valence-electron chi connectivity index (χ0n) is 12.8. The monoisotopic (exact) mass is 351 g/mol. The van der Waals surface area contributed by atoms with Gasteiger partial charge in [0.05, 0.1) is 28.1 Å². The maximum Gasteiger partial charge on any atom is 0.294 e. The van der Waals surface area contributed by atoms with E-state index in [0.717, 1.165) is 0 Å². The van der Waals surface area contributed by atoms with Crippen LogP contribution in [-0.2, 0) is 10.1 Å². The molecule has 8 nitrogen and oxygen atoms in total. The SMILES string of the molecule is CC(O)COc1cc(N=Nc2cccc(S(=O)(=O)O)c2)ccc1N. The normalized spacial score (nSPS) is 13.1. The molecule has 1 atom stereocenters. The zero-order chi connectivity index (χ0) is 17.7. The molecular formula is C15H17N3O5S. The molecule has 0 spiro atoms. The molecule has 2 rings (SSSR count). The molecule has 0 saturated heterocycles. The van der Waals surface area contributed by atoms with Crippen LogP contribution in [0.2, 0.25) is 0 Å². The summed E-state index contributed by atoms with van der Waals surface area (Å²) >= 11 is 0. The van der Waals surface area contributed by atoms with Gasteiger partial charge < -0.3 is 15.6 Å². The molecule has 0 heterocycles. The topological polar surface area (TPSA) is 135 Å². The number of benzene rings is 2. The molecular weight excluding hydrogens is 334 g/mol. The van der Waals surface area contributed by atoms with Crippen molar-refractivity contribution < 1.29 is 22.8 Å². The highest BCUT2D eigenvalue weighted by Gasteiger charge is 2.09. The number of nitrogens with zero attached hydrogens (tertiary/aromatic N) is 2. The van der Waals surface area contributed by atoms with Crippen molar-refractivity contribution in [3.63, 3.8) is 0 Å². The van der Waals surface area contributed by atoms with E-state index in [4.69, 9.17) is 15.0 Å². The van der Waals surface area contributed by atoms with Crippen molar-refractivity contribution >= 4 is 27.2 Å². The molecule has 9 heteroatoms. The first-order chi connectivity index (χ1) is 11.3. The smallest absolute Gasteiger partial charge is 0.294 e. The molecule has 128 valence electrons. The maximum absolute atomic E-state index is 11.1. The minimum Gasteiger partial charge on any atom is -0.489 e. The fourth-order valence-electron chi connectivity index (χ4n) is 1.74. The van der Waals surface area contributed by atoms with Gasteiger partial charge in [-0.2, -0.15) is 18.6 Å². The van der Waals surface area contributed by atoms with E-state index in [1.54, 1.807) is 31.2 Å². The van der Waals surface area contributed by atoms with Crippen LogP contribution in [0.25, 0.3) is 0 Å². The van der Waals surface area contributed by atoms with E-state index in [2.05, 4.69) is 10.2 Å². The number of nitrogens with two attached hydrogens (primary N) is 1. The van der Waals surface area contributed by atoms with Crippen LogP contribution in [0.4, 0.5) is 17.1 Å². The van der Waals surface area contributed by atoms with Gasteiger partial charge in [0.25, 0.3) is 10.1 Å². The molecule has 0 radical (unpaired) electrons. The van der Waals surface area contributed by atoms with Crippen LogP contribution < -0.4 is 10.5 Å². The Hall–Kier alpha value is -2.49. The summed E-state index contributed by atoms with van der Waals surface area (Å²) in [5.74, 6) is 0.360. The van der Waals surface area contributed by atoms with Crippen LogP contribution in [-0.4, -0.2) is 30.8 Å². The first-order valence-corrected chi connectivity index (χ1v) is 8.39. The quantitative estimate of drug-likeness (QED) is 0.416. The largest absolute Gasteiger partial charge is 0.489 e. The Labute approximate surface area is 139 Å². The second kappa shape index (κ2) is 7.39. The maximum atomic E-state index is 11.1. The third-order valence-corrected chi connectivity index (χ3v) is 3.72. The third kappa shape index (κ3) is 5.01. The summed E-state index contributed by atoms with van der Waals surface area (Å²) in [6, 6.07) is 10.2. The number of hydrogen-bond donors (Lipinski definition) is 3. The summed E-state index contributed by atoms with van der Waals surface area (Å²) in [5, 5.41) is 17.1. The van der Waals surface area contributed by atoms with Crippen molar-refractivity contribution in [2.24, 2.45) is 10.2 Å². The Morgan fingerprint density at radius 3 is 2.46 bits per heavy atom. The van der Waals surface area contributed by atoms with Crippen LogP contribution in [0.1, 0.15) is 6.92 Å². The molecule has 1 unspecified atom stereocenters. The first kappa shape index (κ1) is 17.9. The molecule has 24 heavy (non-hydrogen) atoms.